The van der Waals surface area contributed by atoms with E-state index < -0.39 is 0 Å². The molecule has 2 heterocycles. The number of hydrogen-bond acceptors (Lipinski definition) is 4. The molecule has 5 heteroatoms. The number of rotatable bonds is 3. The highest BCUT2D eigenvalue weighted by Crippen LogP contribution is 2.34. The van der Waals surface area contributed by atoms with Gasteiger partial charge in [0.05, 0.1) is 6.04 Å². The highest BCUT2D eigenvalue weighted by molar-refractivity contribution is 5.82. The van der Waals surface area contributed by atoms with Crippen molar-refractivity contribution in [3.05, 3.63) is 23.8 Å². The minimum atomic E-state index is -0.103. The highest BCUT2D eigenvalue weighted by Gasteiger charge is 2.24. The van der Waals surface area contributed by atoms with E-state index in [2.05, 4.69) is 17.6 Å². The van der Waals surface area contributed by atoms with Gasteiger partial charge in [-0.05, 0) is 37.5 Å². The predicted octanol–water partition coefficient (Wildman–Crippen LogP) is 1.34. The first-order valence-corrected chi connectivity index (χ1v) is 6.67. The molecule has 0 bridgehead atoms. The van der Waals surface area contributed by atoms with Crippen LogP contribution >= 0.6 is 0 Å². The third kappa shape index (κ3) is 2.51. The van der Waals surface area contributed by atoms with Crippen molar-refractivity contribution in [3.63, 3.8) is 0 Å². The minimum Gasteiger partial charge on any atom is -0.454 e. The number of nitrogens with one attached hydrogen (secondary N) is 2. The summed E-state index contributed by atoms with van der Waals surface area (Å²) in [5, 5.41) is 6.25. The Morgan fingerprint density at radius 2 is 2.21 bits per heavy atom. The molecule has 102 valence electrons. The number of amides is 1. The lowest BCUT2D eigenvalue weighted by atomic mass is 10.0. The van der Waals surface area contributed by atoms with Gasteiger partial charge in [-0.25, -0.2) is 0 Å². The van der Waals surface area contributed by atoms with Gasteiger partial charge in [-0.1, -0.05) is 6.07 Å². The molecule has 2 N–H and O–H groups in total. The first-order valence-electron chi connectivity index (χ1n) is 6.67. The Labute approximate surface area is 112 Å². The maximum atomic E-state index is 11.7. The molecule has 0 aliphatic carbocycles. The fraction of sp³-hybridized carbons (Fsp3) is 0.500. The summed E-state index contributed by atoms with van der Waals surface area (Å²) < 4.78 is 10.7. The largest absolute Gasteiger partial charge is 0.454 e. The van der Waals surface area contributed by atoms with Crippen molar-refractivity contribution in [2.75, 3.05) is 13.3 Å². The monoisotopic (exact) mass is 262 g/mol. The normalized spacial score (nSPS) is 23.0. The van der Waals surface area contributed by atoms with Crippen LogP contribution in [0.15, 0.2) is 18.2 Å². The SMILES string of the molecule is CC(NC1CCCNC1=O)c1ccc2c(c1)OCO2. The maximum absolute atomic E-state index is 11.7. The van der Waals surface area contributed by atoms with Gasteiger partial charge >= 0.3 is 0 Å². The van der Waals surface area contributed by atoms with E-state index in [1.807, 2.05) is 18.2 Å². The van der Waals surface area contributed by atoms with Crippen LogP contribution in [0.3, 0.4) is 0 Å². The van der Waals surface area contributed by atoms with Crippen LogP contribution < -0.4 is 20.1 Å². The van der Waals surface area contributed by atoms with E-state index in [-0.39, 0.29) is 24.8 Å². The van der Waals surface area contributed by atoms with Gasteiger partial charge in [0, 0.05) is 12.6 Å². The first kappa shape index (κ1) is 12.3. The van der Waals surface area contributed by atoms with Gasteiger partial charge in [0.15, 0.2) is 11.5 Å². The number of fused-ring (bicyclic) bond motifs is 1. The van der Waals surface area contributed by atoms with E-state index in [9.17, 15) is 4.79 Å². The van der Waals surface area contributed by atoms with E-state index in [0.717, 1.165) is 36.4 Å². The van der Waals surface area contributed by atoms with Crippen LogP contribution in [0.5, 0.6) is 11.5 Å². The van der Waals surface area contributed by atoms with Gasteiger partial charge in [0.1, 0.15) is 0 Å². The molecular weight excluding hydrogens is 244 g/mol. The van der Waals surface area contributed by atoms with E-state index in [1.165, 1.54) is 0 Å². The maximum Gasteiger partial charge on any atom is 0.237 e. The molecule has 19 heavy (non-hydrogen) atoms. The minimum absolute atomic E-state index is 0.0962. The van der Waals surface area contributed by atoms with E-state index >= 15 is 0 Å². The molecule has 5 nitrogen and oxygen atoms in total. The van der Waals surface area contributed by atoms with Gasteiger partial charge in [-0.2, -0.15) is 0 Å². The Bertz CT molecular complexity index is 490. The third-order valence-electron chi connectivity index (χ3n) is 3.63. The van der Waals surface area contributed by atoms with Crippen molar-refractivity contribution in [1.82, 2.24) is 10.6 Å². The molecular formula is C14H18N2O3. The second kappa shape index (κ2) is 5.09. The molecule has 0 saturated carbocycles. The smallest absolute Gasteiger partial charge is 0.237 e. The zero-order valence-electron chi connectivity index (χ0n) is 10.9. The lowest BCUT2D eigenvalue weighted by Gasteiger charge is -2.26. The molecule has 2 atom stereocenters. The molecule has 1 saturated heterocycles. The molecule has 0 spiro atoms. The van der Waals surface area contributed by atoms with Crippen LogP contribution in [0, 0.1) is 0 Å². The topological polar surface area (TPSA) is 59.6 Å². The van der Waals surface area contributed by atoms with Crippen LogP contribution in [0.2, 0.25) is 0 Å². The lowest BCUT2D eigenvalue weighted by Crippen LogP contribution is -2.48. The molecule has 2 unspecified atom stereocenters. The average molecular weight is 262 g/mol. The number of carbonyl (C=O) groups is 1. The summed E-state index contributed by atoms with van der Waals surface area (Å²) in [7, 11) is 0. The van der Waals surface area contributed by atoms with Crippen molar-refractivity contribution in [2.24, 2.45) is 0 Å². The molecule has 1 aromatic carbocycles. The van der Waals surface area contributed by atoms with Gasteiger partial charge in [0.2, 0.25) is 12.7 Å². The van der Waals surface area contributed by atoms with Gasteiger partial charge < -0.3 is 14.8 Å². The third-order valence-corrected chi connectivity index (χ3v) is 3.63. The van der Waals surface area contributed by atoms with Crippen molar-refractivity contribution in [1.29, 1.82) is 0 Å². The second-order valence-electron chi connectivity index (χ2n) is 4.99. The standard InChI is InChI=1S/C14H18N2O3/c1-9(16-11-3-2-6-15-14(11)17)10-4-5-12-13(7-10)19-8-18-12/h4-5,7,9,11,16H,2-3,6,8H2,1H3,(H,15,17). The Morgan fingerprint density at radius 1 is 1.37 bits per heavy atom. The summed E-state index contributed by atoms with van der Waals surface area (Å²) in [6.07, 6.45) is 1.91. The molecule has 0 aromatic heterocycles. The molecule has 3 rings (SSSR count). The second-order valence-corrected chi connectivity index (χ2v) is 4.99. The highest BCUT2D eigenvalue weighted by atomic mass is 16.7. The average Bonchev–Trinajstić information content (AvgIpc) is 2.88. The molecule has 0 radical (unpaired) electrons. The number of ether oxygens (including phenoxy) is 2. The van der Waals surface area contributed by atoms with Gasteiger partial charge in [-0.15, -0.1) is 0 Å². The fourth-order valence-electron chi connectivity index (χ4n) is 2.51. The summed E-state index contributed by atoms with van der Waals surface area (Å²) in [6.45, 7) is 3.13. The molecule has 2 aliphatic heterocycles. The van der Waals surface area contributed by atoms with E-state index in [1.54, 1.807) is 0 Å². The van der Waals surface area contributed by atoms with Crippen LogP contribution in [0.25, 0.3) is 0 Å². The van der Waals surface area contributed by atoms with E-state index in [4.69, 9.17) is 9.47 Å². The van der Waals surface area contributed by atoms with Gasteiger partial charge in [-0.3, -0.25) is 10.1 Å². The van der Waals surface area contributed by atoms with Crippen molar-refractivity contribution >= 4 is 5.91 Å². The van der Waals surface area contributed by atoms with Crippen LogP contribution in [0.4, 0.5) is 0 Å². The Hall–Kier alpha value is -1.75. The molecule has 1 fully saturated rings. The Morgan fingerprint density at radius 3 is 3.05 bits per heavy atom. The molecule has 1 amide bonds. The van der Waals surface area contributed by atoms with Crippen molar-refractivity contribution in [3.8, 4) is 11.5 Å². The van der Waals surface area contributed by atoms with E-state index in [0.29, 0.717) is 0 Å². The van der Waals surface area contributed by atoms with Crippen LogP contribution in [0.1, 0.15) is 31.4 Å². The van der Waals surface area contributed by atoms with Crippen molar-refractivity contribution in [2.45, 2.75) is 31.8 Å². The Kier molecular flexibility index (Phi) is 3.29. The zero-order valence-corrected chi connectivity index (χ0v) is 10.9. The number of carbonyl (C=O) groups excluding carboxylic acids is 1. The number of hydrogen-bond donors (Lipinski definition) is 2. The van der Waals surface area contributed by atoms with Gasteiger partial charge in [0.25, 0.3) is 0 Å². The number of piperidine rings is 1. The quantitative estimate of drug-likeness (QED) is 0.863. The number of benzene rings is 1. The summed E-state index contributed by atoms with van der Waals surface area (Å²) in [5.41, 5.74) is 1.10. The lowest BCUT2D eigenvalue weighted by molar-refractivity contribution is -0.124. The Balaban J connectivity index is 1.69. The molecule has 2 aliphatic rings. The predicted molar refractivity (Wildman–Crippen MR) is 70.1 cm³/mol. The summed E-state index contributed by atoms with van der Waals surface area (Å²) >= 11 is 0. The van der Waals surface area contributed by atoms with Crippen molar-refractivity contribution < 1.29 is 14.3 Å². The first-order chi connectivity index (χ1) is 9.24. The van der Waals surface area contributed by atoms with Crippen LogP contribution in [-0.4, -0.2) is 25.3 Å². The summed E-state index contributed by atoms with van der Waals surface area (Å²) in [4.78, 5) is 11.7. The van der Waals surface area contributed by atoms with Crippen LogP contribution in [-0.2, 0) is 4.79 Å². The molecule has 1 aromatic rings. The fourth-order valence-corrected chi connectivity index (χ4v) is 2.51. The zero-order chi connectivity index (χ0) is 13.2. The summed E-state index contributed by atoms with van der Waals surface area (Å²) in [5.74, 6) is 1.66. The summed E-state index contributed by atoms with van der Waals surface area (Å²) in [6, 6.07) is 5.89.